The van der Waals surface area contributed by atoms with Crippen molar-refractivity contribution in [2.45, 2.75) is 4.90 Å². The molecule has 0 fully saturated rings. The normalized spacial score (nSPS) is 9.89. The van der Waals surface area contributed by atoms with Crippen LogP contribution in [-0.2, 0) is 0 Å². The maximum atomic E-state index is 3.92. The van der Waals surface area contributed by atoms with Gasteiger partial charge in [-0.25, -0.2) is 0 Å². The summed E-state index contributed by atoms with van der Waals surface area (Å²) < 4.78 is 0. The number of pyridine rings is 1. The summed E-state index contributed by atoms with van der Waals surface area (Å²) in [6.45, 7) is 0. The van der Waals surface area contributed by atoms with Gasteiger partial charge < -0.3 is 0 Å². The Balaban J connectivity index is 2.61. The van der Waals surface area contributed by atoms with Crippen molar-refractivity contribution in [3.05, 3.63) is 24.5 Å². The third-order valence-electron chi connectivity index (χ3n) is 0.768. The average molecular weight is 364 g/mol. The Morgan fingerprint density at radius 3 is 2.67 bits per heavy atom. The molecule has 0 aliphatic carbocycles. The summed E-state index contributed by atoms with van der Waals surface area (Å²) in [5, 5.41) is 0. The molecule has 0 spiro atoms. The monoisotopic (exact) mass is 364 g/mol. The molecular formula is C5H4I2NS-. The van der Waals surface area contributed by atoms with Crippen molar-refractivity contribution in [3.63, 3.8) is 0 Å². The third-order valence-corrected chi connectivity index (χ3v) is 6.65. The van der Waals surface area contributed by atoms with Crippen molar-refractivity contribution in [2.24, 2.45) is 0 Å². The van der Waals surface area contributed by atoms with Gasteiger partial charge in [-0.3, -0.25) is 0 Å². The van der Waals surface area contributed by atoms with Gasteiger partial charge in [0.1, 0.15) is 0 Å². The average Bonchev–Trinajstić information content (AvgIpc) is 1.91. The van der Waals surface area contributed by atoms with Crippen molar-refractivity contribution >= 4 is 27.5 Å². The van der Waals surface area contributed by atoms with Crippen LogP contribution >= 0.6 is 27.5 Å². The predicted octanol–water partition coefficient (Wildman–Crippen LogP) is -0.472. The molecule has 1 rings (SSSR count). The SMILES string of the molecule is I[I-]Sc1ccncc1. The molecule has 0 saturated heterocycles. The minimum atomic E-state index is 0.288. The molecule has 0 unspecified atom stereocenters. The summed E-state index contributed by atoms with van der Waals surface area (Å²) in [6, 6.07) is 4.09. The van der Waals surface area contributed by atoms with Gasteiger partial charge in [0.15, 0.2) is 0 Å². The standard InChI is InChI=1S/C5H4I2NS/c6-7-9-5-1-3-8-4-2-5/h1-4H/q-1. The minimum absolute atomic E-state index is 0.288. The topological polar surface area (TPSA) is 12.9 Å². The Morgan fingerprint density at radius 1 is 1.44 bits per heavy atom. The van der Waals surface area contributed by atoms with Gasteiger partial charge in [0.25, 0.3) is 0 Å². The second-order valence-electron chi connectivity index (χ2n) is 1.32. The van der Waals surface area contributed by atoms with Crippen LogP contribution in [0, 0.1) is 0 Å². The third kappa shape index (κ3) is 3.03. The zero-order valence-corrected chi connectivity index (χ0v) is 9.55. The quantitative estimate of drug-likeness (QED) is 0.659. The van der Waals surface area contributed by atoms with Crippen molar-refractivity contribution in [1.29, 1.82) is 0 Å². The molecule has 1 nitrogen and oxygen atoms in total. The Kier molecular flexibility index (Phi) is 4.23. The fourth-order valence-corrected chi connectivity index (χ4v) is 6.04. The van der Waals surface area contributed by atoms with Gasteiger partial charge in [0, 0.05) is 0 Å². The first kappa shape index (κ1) is 8.06. The molecule has 0 aliphatic rings. The first-order valence-electron chi connectivity index (χ1n) is 2.26. The van der Waals surface area contributed by atoms with E-state index in [9.17, 15) is 0 Å². The van der Waals surface area contributed by atoms with Crippen LogP contribution in [0.2, 0.25) is 0 Å². The summed E-state index contributed by atoms with van der Waals surface area (Å²) in [4.78, 5) is 5.26. The van der Waals surface area contributed by atoms with E-state index in [1.165, 1.54) is 4.90 Å². The van der Waals surface area contributed by atoms with Gasteiger partial charge in [-0.2, -0.15) is 0 Å². The first-order chi connectivity index (χ1) is 4.43. The summed E-state index contributed by atoms with van der Waals surface area (Å²) >= 11 is 2.73. The van der Waals surface area contributed by atoms with Gasteiger partial charge in [0.05, 0.1) is 0 Å². The fourth-order valence-electron chi connectivity index (χ4n) is 0.423. The van der Waals surface area contributed by atoms with E-state index < -0.39 is 0 Å². The molecule has 50 valence electrons. The number of rotatable bonds is 2. The van der Waals surface area contributed by atoms with E-state index in [2.05, 4.69) is 23.6 Å². The zero-order valence-electron chi connectivity index (χ0n) is 4.42. The number of aromatic nitrogens is 1. The van der Waals surface area contributed by atoms with Gasteiger partial charge in [-0.15, -0.1) is 0 Å². The molecule has 4 heteroatoms. The number of hydrogen-bond acceptors (Lipinski definition) is 2. The second-order valence-corrected chi connectivity index (χ2v) is 11.1. The van der Waals surface area contributed by atoms with Crippen LogP contribution in [0.15, 0.2) is 29.4 Å². The zero-order chi connectivity index (χ0) is 6.53. The summed E-state index contributed by atoms with van der Waals surface area (Å²) in [5.41, 5.74) is 0. The van der Waals surface area contributed by atoms with Crippen LogP contribution in [0.25, 0.3) is 0 Å². The van der Waals surface area contributed by atoms with Gasteiger partial charge >= 0.3 is 77.8 Å². The van der Waals surface area contributed by atoms with Crippen LogP contribution in [0.5, 0.6) is 0 Å². The number of hydrogen-bond donors (Lipinski definition) is 0. The molecule has 0 amide bonds. The van der Waals surface area contributed by atoms with E-state index in [1.807, 2.05) is 33.5 Å². The molecule has 0 aromatic carbocycles. The molecule has 9 heavy (non-hydrogen) atoms. The summed E-state index contributed by atoms with van der Waals surface area (Å²) in [6.07, 6.45) is 3.66. The predicted molar refractivity (Wildman–Crippen MR) is 44.1 cm³/mol. The maximum absolute atomic E-state index is 3.92. The van der Waals surface area contributed by atoms with E-state index in [-0.39, 0.29) is 15.8 Å². The molecular weight excluding hydrogens is 360 g/mol. The van der Waals surface area contributed by atoms with Crippen LogP contribution < -0.4 is 15.8 Å². The van der Waals surface area contributed by atoms with E-state index in [0.717, 1.165) is 0 Å². The number of nitrogens with zero attached hydrogens (tertiary/aromatic N) is 1. The van der Waals surface area contributed by atoms with Crippen LogP contribution in [-0.4, -0.2) is 4.98 Å². The van der Waals surface area contributed by atoms with Crippen molar-refractivity contribution < 1.29 is 15.8 Å². The van der Waals surface area contributed by atoms with Gasteiger partial charge in [-0.05, 0) is 0 Å². The molecule has 0 atom stereocenters. The van der Waals surface area contributed by atoms with E-state index in [0.29, 0.717) is 0 Å². The van der Waals surface area contributed by atoms with E-state index in [1.54, 1.807) is 0 Å². The van der Waals surface area contributed by atoms with Gasteiger partial charge in [0.2, 0.25) is 0 Å². The van der Waals surface area contributed by atoms with Crippen LogP contribution in [0.3, 0.4) is 0 Å². The van der Waals surface area contributed by atoms with Crippen molar-refractivity contribution in [3.8, 4) is 0 Å². The summed E-state index contributed by atoms with van der Waals surface area (Å²) in [7, 11) is 1.93. The molecule has 0 radical (unpaired) electrons. The first-order valence-corrected chi connectivity index (χ1v) is 11.9. The van der Waals surface area contributed by atoms with Crippen LogP contribution in [0.1, 0.15) is 0 Å². The van der Waals surface area contributed by atoms with E-state index >= 15 is 0 Å². The summed E-state index contributed by atoms with van der Waals surface area (Å²) in [5.74, 6) is 0. The second kappa shape index (κ2) is 4.73. The van der Waals surface area contributed by atoms with Crippen molar-refractivity contribution in [1.82, 2.24) is 4.98 Å². The molecule has 1 aromatic rings. The van der Waals surface area contributed by atoms with Crippen molar-refractivity contribution in [2.75, 3.05) is 0 Å². The number of halogens is 2. The van der Waals surface area contributed by atoms with Gasteiger partial charge in [-0.1, -0.05) is 0 Å². The Hall–Kier alpha value is 0.960. The Labute approximate surface area is 76.9 Å². The molecule has 0 saturated carbocycles. The molecule has 1 heterocycles. The fraction of sp³-hybridized carbons (Fsp3) is 0. The van der Waals surface area contributed by atoms with Crippen LogP contribution in [0.4, 0.5) is 0 Å². The molecule has 0 N–H and O–H groups in total. The molecule has 1 aromatic heterocycles. The van der Waals surface area contributed by atoms with E-state index in [4.69, 9.17) is 0 Å². The molecule has 0 bridgehead atoms. The Morgan fingerprint density at radius 2 is 2.11 bits per heavy atom. The Bertz CT molecular complexity index is 168. The molecule has 0 aliphatic heterocycles.